The minimum Gasteiger partial charge on any atom is -0.493 e. The van der Waals surface area contributed by atoms with Crippen molar-refractivity contribution in [2.45, 2.75) is 51.6 Å². The summed E-state index contributed by atoms with van der Waals surface area (Å²) in [5.74, 6) is 1.03. The molecule has 1 aliphatic carbocycles. The summed E-state index contributed by atoms with van der Waals surface area (Å²) >= 11 is 0. The first-order valence-corrected chi connectivity index (χ1v) is 12.7. The zero-order chi connectivity index (χ0) is 25.8. The lowest BCUT2D eigenvalue weighted by molar-refractivity contribution is -0.149. The van der Waals surface area contributed by atoms with E-state index in [1.165, 1.54) is 19.3 Å². The summed E-state index contributed by atoms with van der Waals surface area (Å²) in [5.41, 5.74) is 0.850. The summed E-state index contributed by atoms with van der Waals surface area (Å²) in [6, 6.07) is 14.4. The fourth-order valence-electron chi connectivity index (χ4n) is 4.43. The van der Waals surface area contributed by atoms with Crippen molar-refractivity contribution >= 4 is 12.1 Å². The molecule has 0 aromatic heterocycles. The summed E-state index contributed by atoms with van der Waals surface area (Å²) in [4.78, 5) is 26.1. The summed E-state index contributed by atoms with van der Waals surface area (Å²) in [7, 11) is 1.55. The summed E-state index contributed by atoms with van der Waals surface area (Å²) < 4.78 is 22.2. The van der Waals surface area contributed by atoms with Gasteiger partial charge in [0, 0.05) is 19.6 Å². The van der Waals surface area contributed by atoms with Gasteiger partial charge in [-0.25, -0.2) is 9.59 Å². The van der Waals surface area contributed by atoms with E-state index in [9.17, 15) is 14.7 Å². The van der Waals surface area contributed by atoms with Gasteiger partial charge in [-0.3, -0.25) is 0 Å². The number of methoxy groups -OCH3 is 1. The van der Waals surface area contributed by atoms with Gasteiger partial charge in [-0.1, -0.05) is 43.5 Å². The summed E-state index contributed by atoms with van der Waals surface area (Å²) in [6.07, 6.45) is 4.85. The van der Waals surface area contributed by atoms with Crippen molar-refractivity contribution in [3.8, 4) is 17.2 Å². The van der Waals surface area contributed by atoms with Crippen LogP contribution in [0.2, 0.25) is 0 Å². The highest BCUT2D eigenvalue weighted by Gasteiger charge is 2.23. The SMILES string of the molecule is CCOC(Cc1ccc(OCCN(CC2CCCCC2)C(=O)Oc2ccccc2OC)cc1)C(=O)O. The Hall–Kier alpha value is -3.26. The molecular weight excluding hydrogens is 462 g/mol. The molecular formula is C28H37NO7. The number of rotatable bonds is 13. The summed E-state index contributed by atoms with van der Waals surface area (Å²) in [5, 5.41) is 9.27. The number of benzene rings is 2. The van der Waals surface area contributed by atoms with Gasteiger partial charge in [0.15, 0.2) is 17.6 Å². The zero-order valence-corrected chi connectivity index (χ0v) is 21.2. The first-order chi connectivity index (χ1) is 17.5. The highest BCUT2D eigenvalue weighted by atomic mass is 16.6. The van der Waals surface area contributed by atoms with Crippen LogP contribution in [0.4, 0.5) is 4.79 Å². The number of amides is 1. The average Bonchev–Trinajstić information content (AvgIpc) is 2.89. The van der Waals surface area contributed by atoms with E-state index in [1.807, 2.05) is 18.2 Å². The van der Waals surface area contributed by atoms with E-state index in [-0.39, 0.29) is 6.42 Å². The van der Waals surface area contributed by atoms with Crippen LogP contribution in [0, 0.1) is 5.92 Å². The Morgan fingerprint density at radius 2 is 1.72 bits per heavy atom. The number of ether oxygens (including phenoxy) is 4. The molecule has 196 valence electrons. The second-order valence-corrected chi connectivity index (χ2v) is 8.95. The van der Waals surface area contributed by atoms with Gasteiger partial charge in [0.1, 0.15) is 12.4 Å². The molecule has 0 saturated heterocycles. The first kappa shape index (κ1) is 27.3. The number of carboxylic acid groups (broad SMARTS) is 1. The number of hydrogen-bond donors (Lipinski definition) is 1. The maximum atomic E-state index is 13.1. The Morgan fingerprint density at radius 1 is 1.03 bits per heavy atom. The predicted molar refractivity (Wildman–Crippen MR) is 136 cm³/mol. The van der Waals surface area contributed by atoms with Crippen molar-refractivity contribution in [3.63, 3.8) is 0 Å². The molecule has 0 spiro atoms. The van der Waals surface area contributed by atoms with Crippen LogP contribution in [0.25, 0.3) is 0 Å². The van der Waals surface area contributed by atoms with E-state index >= 15 is 0 Å². The normalized spacial score (nSPS) is 14.6. The number of para-hydroxylation sites is 2. The molecule has 0 radical (unpaired) electrons. The fraction of sp³-hybridized carbons (Fsp3) is 0.500. The molecule has 1 amide bonds. The van der Waals surface area contributed by atoms with Gasteiger partial charge in [0.2, 0.25) is 0 Å². The van der Waals surface area contributed by atoms with Gasteiger partial charge in [-0.05, 0) is 55.5 Å². The third-order valence-electron chi connectivity index (χ3n) is 6.35. The number of hydrogen-bond acceptors (Lipinski definition) is 6. The zero-order valence-electron chi connectivity index (χ0n) is 21.2. The molecule has 1 N–H and O–H groups in total. The predicted octanol–water partition coefficient (Wildman–Crippen LogP) is 5.19. The van der Waals surface area contributed by atoms with Crippen molar-refractivity contribution in [2.24, 2.45) is 5.92 Å². The van der Waals surface area contributed by atoms with Crippen LogP contribution in [0.15, 0.2) is 48.5 Å². The molecule has 36 heavy (non-hydrogen) atoms. The third-order valence-corrected chi connectivity index (χ3v) is 6.35. The van der Waals surface area contributed by atoms with Crippen LogP contribution in [0.1, 0.15) is 44.6 Å². The Labute approximate surface area is 213 Å². The van der Waals surface area contributed by atoms with Crippen molar-refractivity contribution < 1.29 is 33.6 Å². The molecule has 0 bridgehead atoms. The van der Waals surface area contributed by atoms with Crippen molar-refractivity contribution in [3.05, 3.63) is 54.1 Å². The lowest BCUT2D eigenvalue weighted by Crippen LogP contribution is -2.40. The number of nitrogens with zero attached hydrogens (tertiary/aromatic N) is 1. The van der Waals surface area contributed by atoms with Gasteiger partial charge in [-0.2, -0.15) is 0 Å². The van der Waals surface area contributed by atoms with E-state index in [2.05, 4.69) is 0 Å². The van der Waals surface area contributed by atoms with Crippen LogP contribution in [-0.2, 0) is 16.0 Å². The minimum absolute atomic E-state index is 0.285. The Morgan fingerprint density at radius 3 is 2.36 bits per heavy atom. The molecule has 1 atom stereocenters. The van der Waals surface area contributed by atoms with E-state index < -0.39 is 18.2 Å². The van der Waals surface area contributed by atoms with Crippen molar-refractivity contribution in [2.75, 3.05) is 33.4 Å². The molecule has 0 heterocycles. The maximum Gasteiger partial charge on any atom is 0.415 e. The van der Waals surface area contributed by atoms with E-state index in [1.54, 1.807) is 49.3 Å². The first-order valence-electron chi connectivity index (χ1n) is 12.7. The van der Waals surface area contributed by atoms with Crippen LogP contribution in [0.5, 0.6) is 17.2 Å². The molecule has 2 aromatic rings. The molecule has 1 fully saturated rings. The lowest BCUT2D eigenvalue weighted by atomic mass is 9.89. The fourth-order valence-corrected chi connectivity index (χ4v) is 4.43. The lowest BCUT2D eigenvalue weighted by Gasteiger charge is -2.29. The Bertz CT molecular complexity index is 957. The van der Waals surface area contributed by atoms with Gasteiger partial charge in [-0.15, -0.1) is 0 Å². The van der Waals surface area contributed by atoms with E-state index in [0.717, 1.165) is 18.4 Å². The van der Waals surface area contributed by atoms with Crippen LogP contribution in [-0.4, -0.2) is 61.6 Å². The Balaban J connectivity index is 1.58. The van der Waals surface area contributed by atoms with Crippen molar-refractivity contribution in [1.29, 1.82) is 0 Å². The number of carboxylic acids is 1. The van der Waals surface area contributed by atoms with E-state index in [4.69, 9.17) is 18.9 Å². The van der Waals surface area contributed by atoms with Gasteiger partial charge >= 0.3 is 12.1 Å². The highest BCUT2D eigenvalue weighted by Crippen LogP contribution is 2.28. The molecule has 0 aliphatic heterocycles. The molecule has 1 saturated carbocycles. The quantitative estimate of drug-likeness (QED) is 0.405. The molecule has 8 nitrogen and oxygen atoms in total. The second-order valence-electron chi connectivity index (χ2n) is 8.95. The third kappa shape index (κ3) is 8.45. The van der Waals surface area contributed by atoms with Gasteiger partial charge in [0.25, 0.3) is 0 Å². The monoisotopic (exact) mass is 499 g/mol. The molecule has 8 heteroatoms. The van der Waals surface area contributed by atoms with Gasteiger partial charge in [0.05, 0.1) is 13.7 Å². The van der Waals surface area contributed by atoms with Crippen LogP contribution >= 0.6 is 0 Å². The number of carbonyl (C=O) groups excluding carboxylic acids is 1. The summed E-state index contributed by atoms with van der Waals surface area (Å²) in [6.45, 7) is 3.44. The topological polar surface area (TPSA) is 94.5 Å². The Kier molecular flexibility index (Phi) is 10.9. The maximum absolute atomic E-state index is 13.1. The molecule has 2 aromatic carbocycles. The number of carbonyl (C=O) groups is 2. The van der Waals surface area contributed by atoms with Crippen LogP contribution < -0.4 is 14.2 Å². The van der Waals surface area contributed by atoms with Gasteiger partial charge < -0.3 is 29.0 Å². The molecule has 1 unspecified atom stereocenters. The highest BCUT2D eigenvalue weighted by molar-refractivity contribution is 5.73. The average molecular weight is 500 g/mol. The number of aliphatic carboxylic acids is 1. The molecule has 1 aliphatic rings. The minimum atomic E-state index is -0.977. The standard InChI is InChI=1S/C28H37NO7/c1-3-34-26(27(30)31)19-21-13-15-23(16-14-21)35-18-17-29(20-22-9-5-4-6-10-22)28(32)36-25-12-8-7-11-24(25)33-2/h7-8,11-16,22,26H,3-6,9-10,17-20H2,1-2H3,(H,30,31). The van der Waals surface area contributed by atoms with Crippen LogP contribution in [0.3, 0.4) is 0 Å². The molecule has 3 rings (SSSR count). The van der Waals surface area contributed by atoms with Crippen molar-refractivity contribution in [1.82, 2.24) is 4.90 Å². The largest absolute Gasteiger partial charge is 0.493 e. The second kappa shape index (κ2) is 14.3. The smallest absolute Gasteiger partial charge is 0.415 e. The van der Waals surface area contributed by atoms with E-state index in [0.29, 0.717) is 49.5 Å².